The molecule has 0 aliphatic heterocycles. The number of aromatic nitrogens is 4. The van der Waals surface area contributed by atoms with Crippen LogP contribution in [0.15, 0.2) is 41.7 Å². The van der Waals surface area contributed by atoms with Gasteiger partial charge in [0.2, 0.25) is 0 Å². The molecular weight excluding hydrogens is 510 g/mol. The average molecular weight is 528 g/mol. The van der Waals surface area contributed by atoms with Gasteiger partial charge < -0.3 is 10.1 Å². The first-order valence-electron chi connectivity index (χ1n) is 11.0. The van der Waals surface area contributed by atoms with Crippen LogP contribution in [-0.4, -0.2) is 54.5 Å². The summed E-state index contributed by atoms with van der Waals surface area (Å²) in [5, 5.41) is 12.2. The van der Waals surface area contributed by atoms with Crippen molar-refractivity contribution in [3.05, 3.63) is 53.0 Å². The Bertz CT molecular complexity index is 1520. The lowest BCUT2D eigenvalue weighted by molar-refractivity contribution is -0.193. The third-order valence-electron chi connectivity index (χ3n) is 6.09. The summed E-state index contributed by atoms with van der Waals surface area (Å²) in [5.41, 5.74) is 2.62. The molecule has 0 aromatic carbocycles. The summed E-state index contributed by atoms with van der Waals surface area (Å²) in [7, 11) is 0. The predicted molar refractivity (Wildman–Crippen MR) is 118 cm³/mol. The van der Waals surface area contributed by atoms with Crippen LogP contribution in [0, 0.1) is 0 Å². The topological polar surface area (TPSA) is 117 Å². The van der Waals surface area contributed by atoms with Gasteiger partial charge in [0.1, 0.15) is 5.65 Å². The minimum absolute atomic E-state index is 0.117. The van der Waals surface area contributed by atoms with Crippen molar-refractivity contribution in [3.63, 3.8) is 0 Å². The third-order valence-corrected chi connectivity index (χ3v) is 6.09. The zero-order valence-corrected chi connectivity index (χ0v) is 18.7. The van der Waals surface area contributed by atoms with Gasteiger partial charge in [-0.2, -0.15) is 26.3 Å². The van der Waals surface area contributed by atoms with Gasteiger partial charge in [0, 0.05) is 41.5 Å². The number of carbonyl (C=O) groups excluding carboxylic acids is 2. The van der Waals surface area contributed by atoms with Crippen LogP contribution in [0.1, 0.15) is 37.3 Å². The number of aliphatic hydroxyl groups is 1. The van der Waals surface area contributed by atoms with Gasteiger partial charge >= 0.3 is 23.9 Å². The number of Topliss-reactive ketones (excluding diaryl/α,β-unsaturated/α-hetero) is 2. The van der Waals surface area contributed by atoms with E-state index >= 15 is 0 Å². The molecule has 8 nitrogen and oxygen atoms in total. The number of halogens is 6. The lowest BCUT2D eigenvalue weighted by Gasteiger charge is -2.23. The minimum Gasteiger partial charge on any atom is -0.393 e. The molecule has 0 bridgehead atoms. The van der Waals surface area contributed by atoms with E-state index in [9.17, 15) is 45.8 Å². The van der Waals surface area contributed by atoms with Crippen LogP contribution in [0.4, 0.5) is 26.3 Å². The van der Waals surface area contributed by atoms with Gasteiger partial charge in [-0.3, -0.25) is 23.8 Å². The Morgan fingerprint density at radius 1 is 0.973 bits per heavy atom. The van der Waals surface area contributed by atoms with Crippen LogP contribution in [0.2, 0.25) is 0 Å². The Labute approximate surface area is 202 Å². The Morgan fingerprint density at radius 2 is 1.59 bits per heavy atom. The van der Waals surface area contributed by atoms with E-state index in [-0.39, 0.29) is 11.7 Å². The van der Waals surface area contributed by atoms with Crippen molar-refractivity contribution < 1.29 is 41.0 Å². The molecule has 0 amide bonds. The van der Waals surface area contributed by atoms with E-state index in [0.29, 0.717) is 11.3 Å². The van der Waals surface area contributed by atoms with E-state index in [0.717, 1.165) is 53.3 Å². The van der Waals surface area contributed by atoms with E-state index in [1.165, 1.54) is 0 Å². The highest BCUT2D eigenvalue weighted by molar-refractivity contribution is 6.41. The van der Waals surface area contributed by atoms with Gasteiger partial charge in [0.05, 0.1) is 22.7 Å². The highest BCUT2D eigenvalue weighted by Gasteiger charge is 2.54. The van der Waals surface area contributed by atoms with Gasteiger partial charge in [-0.05, 0) is 37.8 Å². The molecule has 14 heteroatoms. The lowest BCUT2D eigenvalue weighted by Crippen LogP contribution is -2.39. The standard InChI is InChI=1S/C19H18N4O2.C4F6O2/c24-12-3-1-11(2-4-12)15-10-23-16-6-8-21-19(25)17(16)14-9-20-7-5-13(14)18(23)22-15;5-3(6,7)1(11)2(12)4(8,9)10/h5-12,24H,1-4H2,(H,21,25);. The number of hydrogen-bond donors (Lipinski definition) is 2. The van der Waals surface area contributed by atoms with Gasteiger partial charge in [-0.1, -0.05) is 0 Å². The minimum atomic E-state index is -5.77. The fraction of sp³-hybridized carbons (Fsp3) is 0.348. The monoisotopic (exact) mass is 528 g/mol. The molecule has 196 valence electrons. The Hall–Kier alpha value is -3.81. The normalized spacial score (nSPS) is 18.6. The molecular formula is C23H18F6N4O4. The van der Waals surface area contributed by atoms with Gasteiger partial charge in [-0.25, -0.2) is 4.98 Å². The third kappa shape index (κ3) is 5.19. The second-order valence-corrected chi connectivity index (χ2v) is 8.51. The SMILES string of the molecule is O=C(C(=O)C(F)(F)F)C(F)(F)F.O=c1[nH]ccc2c1c1cnccc1c1nc(C3CCC(O)CC3)cn21. The maximum Gasteiger partial charge on any atom is 0.458 e. The fourth-order valence-electron chi connectivity index (χ4n) is 4.32. The summed E-state index contributed by atoms with van der Waals surface area (Å²) in [6.07, 6.45) is -0.991. The second-order valence-electron chi connectivity index (χ2n) is 8.51. The van der Waals surface area contributed by atoms with Crippen LogP contribution in [0.25, 0.3) is 27.3 Å². The summed E-state index contributed by atoms with van der Waals surface area (Å²) in [4.78, 5) is 43.5. The van der Waals surface area contributed by atoms with Crippen LogP contribution >= 0.6 is 0 Å². The van der Waals surface area contributed by atoms with Crippen molar-refractivity contribution >= 4 is 38.9 Å². The number of hydrogen-bond acceptors (Lipinski definition) is 6. The first-order valence-corrected chi connectivity index (χ1v) is 11.0. The van der Waals surface area contributed by atoms with E-state index in [1.807, 2.05) is 16.5 Å². The number of ketones is 2. The maximum absolute atomic E-state index is 12.4. The number of nitrogens with one attached hydrogen (secondary N) is 1. The molecule has 0 atom stereocenters. The van der Waals surface area contributed by atoms with E-state index in [2.05, 4.69) is 16.2 Å². The van der Waals surface area contributed by atoms with Crippen molar-refractivity contribution in [2.45, 2.75) is 50.1 Å². The molecule has 0 unspecified atom stereocenters. The Balaban J connectivity index is 0.000000229. The smallest absolute Gasteiger partial charge is 0.393 e. The van der Waals surface area contributed by atoms with Crippen molar-refractivity contribution in [2.24, 2.45) is 0 Å². The molecule has 4 heterocycles. The van der Waals surface area contributed by atoms with Crippen molar-refractivity contribution in [1.82, 2.24) is 19.4 Å². The largest absolute Gasteiger partial charge is 0.458 e. The van der Waals surface area contributed by atoms with E-state index < -0.39 is 23.9 Å². The zero-order valence-electron chi connectivity index (χ0n) is 18.7. The van der Waals surface area contributed by atoms with Crippen LogP contribution < -0.4 is 5.56 Å². The van der Waals surface area contributed by atoms with Gasteiger partial charge in [0.15, 0.2) is 0 Å². The first-order chi connectivity index (χ1) is 17.3. The molecule has 1 aliphatic rings. The number of fused-ring (bicyclic) bond motifs is 6. The number of imidazole rings is 1. The number of H-pyrrole nitrogens is 1. The highest BCUT2D eigenvalue weighted by Crippen LogP contribution is 2.34. The number of nitrogens with zero attached hydrogens (tertiary/aromatic N) is 3. The van der Waals surface area contributed by atoms with Gasteiger partial charge in [0.25, 0.3) is 5.56 Å². The summed E-state index contributed by atoms with van der Waals surface area (Å²) < 4.78 is 69.0. The molecule has 0 spiro atoms. The molecule has 1 saturated carbocycles. The molecule has 37 heavy (non-hydrogen) atoms. The Morgan fingerprint density at radius 3 is 2.19 bits per heavy atom. The number of aliphatic hydroxyl groups excluding tert-OH is 1. The van der Waals surface area contributed by atoms with Crippen molar-refractivity contribution in [2.75, 3.05) is 0 Å². The summed E-state index contributed by atoms with van der Waals surface area (Å²) in [6, 6.07) is 3.82. The predicted octanol–water partition coefficient (Wildman–Crippen LogP) is 3.99. The molecule has 1 fully saturated rings. The quantitative estimate of drug-likeness (QED) is 0.231. The molecule has 1 aliphatic carbocycles. The Kier molecular flexibility index (Phi) is 6.79. The lowest BCUT2D eigenvalue weighted by atomic mass is 9.86. The molecule has 4 aromatic heterocycles. The summed E-state index contributed by atoms with van der Waals surface area (Å²) >= 11 is 0. The molecule has 4 aromatic rings. The summed E-state index contributed by atoms with van der Waals surface area (Å²) in [5.74, 6) is -6.46. The number of alkyl halides is 6. The fourth-order valence-corrected chi connectivity index (χ4v) is 4.32. The molecule has 0 saturated heterocycles. The number of carbonyl (C=O) groups is 2. The maximum atomic E-state index is 12.4. The number of rotatable bonds is 2. The van der Waals surface area contributed by atoms with Crippen LogP contribution in [0.3, 0.4) is 0 Å². The second kappa shape index (κ2) is 9.57. The van der Waals surface area contributed by atoms with Crippen LogP contribution in [0.5, 0.6) is 0 Å². The van der Waals surface area contributed by atoms with E-state index in [4.69, 9.17) is 4.98 Å². The number of pyridine rings is 3. The van der Waals surface area contributed by atoms with Crippen molar-refractivity contribution in [3.8, 4) is 0 Å². The average Bonchev–Trinajstić information content (AvgIpc) is 3.29. The van der Waals surface area contributed by atoms with Gasteiger partial charge in [-0.15, -0.1) is 0 Å². The summed E-state index contributed by atoms with van der Waals surface area (Å²) in [6.45, 7) is 0. The van der Waals surface area contributed by atoms with Crippen LogP contribution in [-0.2, 0) is 9.59 Å². The first kappa shape index (κ1) is 26.3. The molecule has 2 N–H and O–H groups in total. The molecule has 0 radical (unpaired) electrons. The number of aromatic amines is 1. The highest BCUT2D eigenvalue weighted by atomic mass is 19.4. The van der Waals surface area contributed by atoms with Crippen molar-refractivity contribution in [1.29, 1.82) is 0 Å². The van der Waals surface area contributed by atoms with E-state index in [1.54, 1.807) is 18.6 Å². The molecule has 5 rings (SSSR count). The zero-order chi connectivity index (χ0) is 27.1.